The van der Waals surface area contributed by atoms with E-state index < -0.39 is 6.04 Å². The Labute approximate surface area is 134 Å². The van der Waals surface area contributed by atoms with Crippen molar-refractivity contribution in [1.82, 2.24) is 25.0 Å². The summed E-state index contributed by atoms with van der Waals surface area (Å²) in [4.78, 5) is 30.8. The highest BCUT2D eigenvalue weighted by molar-refractivity contribution is 5.88. The van der Waals surface area contributed by atoms with Gasteiger partial charge in [0.1, 0.15) is 12.6 Å². The van der Waals surface area contributed by atoms with Crippen molar-refractivity contribution in [2.45, 2.75) is 39.3 Å². The molecule has 0 saturated carbocycles. The smallest absolute Gasteiger partial charge is 0.245 e. The monoisotopic (exact) mass is 315 g/mol. The van der Waals surface area contributed by atoms with Gasteiger partial charge in [0, 0.05) is 24.7 Å². The molecule has 0 aliphatic carbocycles. The summed E-state index contributed by atoms with van der Waals surface area (Å²) in [5, 5.41) is 8.04. The molecule has 3 rings (SSSR count). The van der Waals surface area contributed by atoms with E-state index in [0.717, 1.165) is 17.4 Å². The highest BCUT2D eigenvalue weighted by atomic mass is 16.2. The van der Waals surface area contributed by atoms with Crippen molar-refractivity contribution in [3.05, 3.63) is 24.0 Å². The number of fused-ring (bicyclic) bond motifs is 1. The standard InChI is InChI=1S/C16H21N5O2/c1-3-13-16(23)17-5-4-6-20(13)14(22)10-21-15-12(9-19-21)7-11(2)8-18-15/h7-9,13H,3-6,10H2,1-2H3,(H,17,23)/t13-/m0/s1. The minimum atomic E-state index is -0.401. The molecule has 0 radical (unpaired) electrons. The molecule has 0 unspecified atom stereocenters. The van der Waals surface area contributed by atoms with Crippen LogP contribution in [0.2, 0.25) is 0 Å². The number of pyridine rings is 1. The molecule has 2 aromatic rings. The van der Waals surface area contributed by atoms with Crippen molar-refractivity contribution in [3.63, 3.8) is 0 Å². The van der Waals surface area contributed by atoms with Gasteiger partial charge < -0.3 is 10.2 Å². The van der Waals surface area contributed by atoms with Crippen LogP contribution in [0.15, 0.2) is 18.5 Å². The van der Waals surface area contributed by atoms with Crippen LogP contribution < -0.4 is 5.32 Å². The van der Waals surface area contributed by atoms with Crippen LogP contribution in [0.25, 0.3) is 11.0 Å². The SMILES string of the molecule is CC[C@H]1C(=O)NCCCN1C(=O)Cn1ncc2cc(C)cnc21. The Morgan fingerprint density at radius 2 is 2.26 bits per heavy atom. The number of carbonyl (C=O) groups excluding carboxylic acids is 2. The fraction of sp³-hybridized carbons (Fsp3) is 0.500. The van der Waals surface area contributed by atoms with Crippen molar-refractivity contribution in [2.75, 3.05) is 13.1 Å². The van der Waals surface area contributed by atoms with Crippen LogP contribution in [0.1, 0.15) is 25.3 Å². The average molecular weight is 315 g/mol. The highest BCUT2D eigenvalue weighted by Crippen LogP contribution is 2.14. The van der Waals surface area contributed by atoms with Gasteiger partial charge in [-0.2, -0.15) is 5.10 Å². The van der Waals surface area contributed by atoms with Crippen LogP contribution in [-0.2, 0) is 16.1 Å². The molecule has 2 amide bonds. The first-order chi connectivity index (χ1) is 11.1. The quantitative estimate of drug-likeness (QED) is 0.911. The van der Waals surface area contributed by atoms with E-state index in [1.807, 2.05) is 19.9 Å². The molecular formula is C16H21N5O2. The van der Waals surface area contributed by atoms with E-state index in [-0.39, 0.29) is 18.4 Å². The zero-order valence-corrected chi connectivity index (χ0v) is 13.5. The van der Waals surface area contributed by atoms with Gasteiger partial charge in [-0.05, 0) is 31.4 Å². The fourth-order valence-corrected chi connectivity index (χ4v) is 3.00. The normalized spacial score (nSPS) is 18.8. The summed E-state index contributed by atoms with van der Waals surface area (Å²) in [6.07, 6.45) is 4.86. The molecule has 7 heteroatoms. The van der Waals surface area contributed by atoms with Gasteiger partial charge in [-0.3, -0.25) is 9.59 Å². The number of amides is 2. The first kappa shape index (κ1) is 15.5. The van der Waals surface area contributed by atoms with Crippen molar-refractivity contribution in [3.8, 4) is 0 Å². The fourth-order valence-electron chi connectivity index (χ4n) is 3.00. The van der Waals surface area contributed by atoms with E-state index in [4.69, 9.17) is 0 Å². The summed E-state index contributed by atoms with van der Waals surface area (Å²) in [6.45, 7) is 5.19. The number of aryl methyl sites for hydroxylation is 1. The topological polar surface area (TPSA) is 80.1 Å². The Hall–Kier alpha value is -2.44. The first-order valence-electron chi connectivity index (χ1n) is 7.95. The lowest BCUT2D eigenvalue weighted by Crippen LogP contribution is -2.47. The van der Waals surface area contributed by atoms with Crippen molar-refractivity contribution in [1.29, 1.82) is 0 Å². The Morgan fingerprint density at radius 3 is 3.04 bits per heavy atom. The molecule has 2 aromatic heterocycles. The zero-order valence-electron chi connectivity index (χ0n) is 13.5. The predicted molar refractivity (Wildman–Crippen MR) is 85.7 cm³/mol. The van der Waals surface area contributed by atoms with Gasteiger partial charge in [0.2, 0.25) is 11.8 Å². The maximum Gasteiger partial charge on any atom is 0.245 e. The van der Waals surface area contributed by atoms with Gasteiger partial charge in [-0.1, -0.05) is 6.92 Å². The summed E-state index contributed by atoms with van der Waals surface area (Å²) in [7, 11) is 0. The van der Waals surface area contributed by atoms with Gasteiger partial charge >= 0.3 is 0 Å². The minimum Gasteiger partial charge on any atom is -0.354 e. The number of nitrogens with zero attached hydrogens (tertiary/aromatic N) is 4. The van der Waals surface area contributed by atoms with E-state index in [9.17, 15) is 9.59 Å². The number of rotatable bonds is 3. The predicted octanol–water partition coefficient (Wildman–Crippen LogP) is 0.867. The Kier molecular flexibility index (Phi) is 4.27. The van der Waals surface area contributed by atoms with E-state index in [1.54, 1.807) is 22.0 Å². The molecule has 122 valence electrons. The van der Waals surface area contributed by atoms with Gasteiger partial charge in [0.25, 0.3) is 0 Å². The molecule has 1 N–H and O–H groups in total. The second-order valence-corrected chi connectivity index (χ2v) is 5.88. The molecule has 23 heavy (non-hydrogen) atoms. The molecule has 7 nitrogen and oxygen atoms in total. The molecule has 1 aliphatic rings. The van der Waals surface area contributed by atoms with E-state index in [2.05, 4.69) is 15.4 Å². The molecule has 0 spiro atoms. The third kappa shape index (κ3) is 3.04. The second kappa shape index (κ2) is 6.36. The highest BCUT2D eigenvalue weighted by Gasteiger charge is 2.30. The van der Waals surface area contributed by atoms with Gasteiger partial charge in [0.05, 0.1) is 6.20 Å². The van der Waals surface area contributed by atoms with E-state index in [0.29, 0.717) is 25.2 Å². The zero-order chi connectivity index (χ0) is 16.4. The van der Waals surface area contributed by atoms with Crippen molar-refractivity contribution >= 4 is 22.8 Å². The molecule has 1 atom stereocenters. The maximum atomic E-state index is 12.7. The first-order valence-corrected chi connectivity index (χ1v) is 7.95. The maximum absolute atomic E-state index is 12.7. The summed E-state index contributed by atoms with van der Waals surface area (Å²) in [5.41, 5.74) is 1.75. The summed E-state index contributed by atoms with van der Waals surface area (Å²) in [5.74, 6) is -0.168. The average Bonchev–Trinajstić information content (AvgIpc) is 2.81. The van der Waals surface area contributed by atoms with Gasteiger partial charge in [0.15, 0.2) is 5.65 Å². The van der Waals surface area contributed by atoms with Crippen LogP contribution in [0.3, 0.4) is 0 Å². The number of hydrogen-bond acceptors (Lipinski definition) is 4. The van der Waals surface area contributed by atoms with Crippen molar-refractivity contribution in [2.24, 2.45) is 0 Å². The molecule has 1 aliphatic heterocycles. The molecular weight excluding hydrogens is 294 g/mol. The molecule has 1 saturated heterocycles. The number of hydrogen-bond donors (Lipinski definition) is 1. The molecule has 0 aromatic carbocycles. The van der Waals surface area contributed by atoms with Crippen molar-refractivity contribution < 1.29 is 9.59 Å². The minimum absolute atomic E-state index is 0.0718. The Bertz CT molecular complexity index is 739. The summed E-state index contributed by atoms with van der Waals surface area (Å²) in [6, 6.07) is 1.59. The summed E-state index contributed by atoms with van der Waals surface area (Å²) < 4.78 is 1.60. The Morgan fingerprint density at radius 1 is 1.43 bits per heavy atom. The van der Waals surface area contributed by atoms with Crippen LogP contribution in [0, 0.1) is 6.92 Å². The number of aromatic nitrogens is 3. The third-order valence-corrected chi connectivity index (χ3v) is 4.16. The number of carbonyl (C=O) groups is 2. The lowest BCUT2D eigenvalue weighted by atomic mass is 10.1. The Balaban J connectivity index is 1.83. The lowest BCUT2D eigenvalue weighted by molar-refractivity contribution is -0.140. The van der Waals surface area contributed by atoms with E-state index in [1.165, 1.54) is 0 Å². The van der Waals surface area contributed by atoms with Crippen LogP contribution in [0.5, 0.6) is 0 Å². The largest absolute Gasteiger partial charge is 0.354 e. The summed E-state index contributed by atoms with van der Waals surface area (Å²) >= 11 is 0. The van der Waals surface area contributed by atoms with Crippen LogP contribution in [-0.4, -0.2) is 50.6 Å². The molecule has 0 bridgehead atoms. The number of nitrogens with one attached hydrogen (secondary N) is 1. The van der Waals surface area contributed by atoms with E-state index >= 15 is 0 Å². The lowest BCUT2D eigenvalue weighted by Gasteiger charge is -2.27. The molecule has 3 heterocycles. The third-order valence-electron chi connectivity index (χ3n) is 4.16. The molecule has 1 fully saturated rings. The van der Waals surface area contributed by atoms with Gasteiger partial charge in [-0.25, -0.2) is 9.67 Å². The van der Waals surface area contributed by atoms with Gasteiger partial charge in [-0.15, -0.1) is 0 Å². The van der Waals surface area contributed by atoms with Crippen LogP contribution >= 0.6 is 0 Å². The second-order valence-electron chi connectivity index (χ2n) is 5.88. The van der Waals surface area contributed by atoms with Crippen LogP contribution in [0.4, 0.5) is 0 Å².